The maximum absolute atomic E-state index is 11.4. The Morgan fingerprint density at radius 3 is 1.58 bits per heavy atom. The standard InChI is InChI=1S/C27H56N4O4.ClH/c1-2-3-4-5-6-7-8-9-10-11-12-13-14-15-16-17-20-24(32)25(33)22-31-23(26(34)35)19-18-21-30-27(28)29;/h23-25,31-33H,2-22H2,1H3,(H,34,35)(H4,28,29,30);1H/t23-,24?,25?;/m0./s1. The molecule has 0 aromatic heterocycles. The minimum atomic E-state index is -0.991. The van der Waals surface area contributed by atoms with Gasteiger partial charge in [-0.05, 0) is 19.3 Å². The van der Waals surface area contributed by atoms with Crippen LogP contribution in [0.3, 0.4) is 0 Å². The highest BCUT2D eigenvalue weighted by atomic mass is 35.5. The number of carbonyl (C=O) groups is 1. The van der Waals surface area contributed by atoms with Crippen LogP contribution in [0.1, 0.15) is 129 Å². The van der Waals surface area contributed by atoms with E-state index in [-0.39, 0.29) is 24.9 Å². The predicted octanol–water partition coefficient (Wildman–Crippen LogP) is 4.88. The maximum atomic E-state index is 11.4. The monoisotopic (exact) mass is 536 g/mol. The number of aliphatic carboxylic acids is 1. The number of aliphatic hydroxyl groups excluding tert-OH is 2. The van der Waals surface area contributed by atoms with Crippen LogP contribution >= 0.6 is 12.4 Å². The SMILES string of the molecule is CCCCCCCCCCCCCCCCCCC(O)C(O)CN[C@@H](CCCN=C(N)N)C(=O)O.Cl. The quantitative estimate of drug-likeness (QED) is 0.0523. The number of aliphatic hydroxyl groups is 2. The van der Waals surface area contributed by atoms with Crippen molar-refractivity contribution in [2.45, 2.75) is 147 Å². The summed E-state index contributed by atoms with van der Waals surface area (Å²) in [6.45, 7) is 2.66. The van der Waals surface area contributed by atoms with Crippen molar-refractivity contribution < 1.29 is 20.1 Å². The van der Waals surface area contributed by atoms with Gasteiger partial charge in [0, 0.05) is 13.1 Å². The van der Waals surface area contributed by atoms with E-state index in [2.05, 4.69) is 17.2 Å². The van der Waals surface area contributed by atoms with Gasteiger partial charge in [0.1, 0.15) is 6.04 Å². The molecule has 0 rings (SSSR count). The summed E-state index contributed by atoms with van der Waals surface area (Å²) in [5.41, 5.74) is 10.5. The zero-order valence-corrected chi connectivity index (χ0v) is 23.7. The third kappa shape index (κ3) is 24.6. The van der Waals surface area contributed by atoms with E-state index in [0.717, 1.165) is 19.3 Å². The molecule has 36 heavy (non-hydrogen) atoms. The van der Waals surface area contributed by atoms with E-state index in [1.165, 1.54) is 83.5 Å². The topological polar surface area (TPSA) is 154 Å². The molecule has 0 aliphatic heterocycles. The molecule has 0 saturated carbocycles. The molecule has 0 aromatic rings. The number of nitrogens with zero attached hydrogens (tertiary/aromatic N) is 1. The van der Waals surface area contributed by atoms with Gasteiger partial charge in [-0.1, -0.05) is 110 Å². The summed E-state index contributed by atoms with van der Waals surface area (Å²) >= 11 is 0. The number of guanidine groups is 1. The molecule has 8 N–H and O–H groups in total. The molecular formula is C27H57ClN4O4. The summed E-state index contributed by atoms with van der Waals surface area (Å²) in [5, 5.41) is 32.5. The van der Waals surface area contributed by atoms with E-state index in [9.17, 15) is 20.1 Å². The number of hydrogen-bond acceptors (Lipinski definition) is 5. The lowest BCUT2D eigenvalue weighted by Crippen LogP contribution is -2.44. The average molecular weight is 537 g/mol. The Morgan fingerprint density at radius 2 is 1.17 bits per heavy atom. The number of unbranched alkanes of at least 4 members (excludes halogenated alkanes) is 15. The van der Waals surface area contributed by atoms with Crippen molar-refractivity contribution >= 4 is 24.3 Å². The zero-order valence-electron chi connectivity index (χ0n) is 22.8. The highest BCUT2D eigenvalue weighted by molar-refractivity contribution is 5.85. The summed E-state index contributed by atoms with van der Waals surface area (Å²) < 4.78 is 0. The first kappa shape index (κ1) is 37.1. The van der Waals surface area contributed by atoms with Crippen molar-refractivity contribution in [2.75, 3.05) is 13.1 Å². The van der Waals surface area contributed by atoms with Gasteiger partial charge in [0.25, 0.3) is 0 Å². The normalized spacial score (nSPS) is 13.5. The van der Waals surface area contributed by atoms with Crippen LogP contribution < -0.4 is 16.8 Å². The Kier molecular flexibility index (Phi) is 27.8. The van der Waals surface area contributed by atoms with Crippen molar-refractivity contribution in [1.29, 1.82) is 0 Å². The Hall–Kier alpha value is -1.09. The lowest BCUT2D eigenvalue weighted by molar-refractivity contribution is -0.139. The van der Waals surface area contributed by atoms with Crippen molar-refractivity contribution in [3.63, 3.8) is 0 Å². The first-order valence-corrected chi connectivity index (χ1v) is 14.3. The van der Waals surface area contributed by atoms with Crippen LogP contribution in [0.15, 0.2) is 4.99 Å². The molecule has 0 aliphatic carbocycles. The van der Waals surface area contributed by atoms with Gasteiger partial charge in [0.2, 0.25) is 0 Å². The number of rotatable bonds is 26. The lowest BCUT2D eigenvalue weighted by atomic mass is 10.0. The molecule has 0 aromatic carbocycles. The highest BCUT2D eigenvalue weighted by Crippen LogP contribution is 2.15. The molecule has 0 fully saturated rings. The largest absolute Gasteiger partial charge is 0.480 e. The third-order valence-electron chi connectivity index (χ3n) is 6.61. The Balaban J connectivity index is 0. The fraction of sp³-hybridized carbons (Fsp3) is 0.926. The molecule has 0 bridgehead atoms. The molecular weight excluding hydrogens is 480 g/mol. The highest BCUT2D eigenvalue weighted by Gasteiger charge is 2.21. The number of nitrogens with one attached hydrogen (secondary N) is 1. The van der Waals surface area contributed by atoms with Crippen LogP contribution in [-0.4, -0.2) is 58.6 Å². The van der Waals surface area contributed by atoms with Crippen LogP contribution in [0.25, 0.3) is 0 Å². The minimum Gasteiger partial charge on any atom is -0.480 e. The molecule has 9 heteroatoms. The number of aliphatic imine (C=N–C) groups is 1. The van der Waals surface area contributed by atoms with E-state index in [4.69, 9.17) is 11.5 Å². The molecule has 0 radical (unpaired) electrons. The molecule has 3 atom stereocenters. The van der Waals surface area contributed by atoms with Gasteiger partial charge >= 0.3 is 5.97 Å². The average Bonchev–Trinajstić information content (AvgIpc) is 2.82. The minimum absolute atomic E-state index is 0. The molecule has 0 saturated heterocycles. The van der Waals surface area contributed by atoms with Gasteiger partial charge in [-0.2, -0.15) is 0 Å². The van der Waals surface area contributed by atoms with Crippen LogP contribution in [-0.2, 0) is 4.79 Å². The molecule has 8 nitrogen and oxygen atoms in total. The van der Waals surface area contributed by atoms with Gasteiger partial charge in [0.05, 0.1) is 12.2 Å². The second kappa shape index (κ2) is 27.0. The second-order valence-corrected chi connectivity index (χ2v) is 9.97. The van der Waals surface area contributed by atoms with Crippen LogP contribution in [0.4, 0.5) is 0 Å². The van der Waals surface area contributed by atoms with E-state index in [1.807, 2.05) is 0 Å². The van der Waals surface area contributed by atoms with Gasteiger partial charge < -0.3 is 32.1 Å². The molecule has 0 amide bonds. The predicted molar refractivity (Wildman–Crippen MR) is 153 cm³/mol. The lowest BCUT2D eigenvalue weighted by Gasteiger charge is -2.21. The number of nitrogens with two attached hydrogens (primary N) is 2. The Bertz CT molecular complexity index is 522. The summed E-state index contributed by atoms with van der Waals surface area (Å²) in [7, 11) is 0. The maximum Gasteiger partial charge on any atom is 0.320 e. The van der Waals surface area contributed by atoms with E-state index >= 15 is 0 Å². The Labute approximate surface area is 226 Å². The molecule has 0 spiro atoms. The molecule has 2 unspecified atom stereocenters. The van der Waals surface area contributed by atoms with Crippen molar-refractivity contribution in [3.8, 4) is 0 Å². The number of carboxylic acids is 1. The zero-order chi connectivity index (χ0) is 26.2. The first-order valence-electron chi connectivity index (χ1n) is 14.3. The van der Waals surface area contributed by atoms with Crippen LogP contribution in [0.2, 0.25) is 0 Å². The van der Waals surface area contributed by atoms with E-state index in [1.54, 1.807) is 0 Å². The van der Waals surface area contributed by atoms with Gasteiger partial charge in [-0.25, -0.2) is 0 Å². The molecule has 0 heterocycles. The van der Waals surface area contributed by atoms with Crippen molar-refractivity contribution in [3.05, 3.63) is 0 Å². The van der Waals surface area contributed by atoms with Gasteiger partial charge in [0.15, 0.2) is 5.96 Å². The first-order chi connectivity index (χ1) is 16.9. The fourth-order valence-electron chi connectivity index (χ4n) is 4.31. The number of hydrogen-bond donors (Lipinski definition) is 6. The second-order valence-electron chi connectivity index (χ2n) is 9.97. The molecule has 216 valence electrons. The summed E-state index contributed by atoms with van der Waals surface area (Å²) in [6, 6.07) is -0.804. The van der Waals surface area contributed by atoms with Crippen molar-refractivity contribution in [2.24, 2.45) is 16.5 Å². The summed E-state index contributed by atoms with van der Waals surface area (Å²) in [6.07, 6.45) is 20.3. The number of carboxylic acid groups (broad SMARTS) is 1. The summed E-state index contributed by atoms with van der Waals surface area (Å²) in [5.74, 6) is -1.01. The third-order valence-corrected chi connectivity index (χ3v) is 6.61. The van der Waals surface area contributed by atoms with Crippen LogP contribution in [0.5, 0.6) is 0 Å². The van der Waals surface area contributed by atoms with Gasteiger partial charge in [-0.15, -0.1) is 12.4 Å². The van der Waals surface area contributed by atoms with E-state index in [0.29, 0.717) is 25.8 Å². The van der Waals surface area contributed by atoms with Crippen LogP contribution in [0, 0.1) is 0 Å². The fourth-order valence-corrected chi connectivity index (χ4v) is 4.31. The number of halogens is 1. The Morgan fingerprint density at radius 1 is 0.722 bits per heavy atom. The molecule has 0 aliphatic rings. The van der Waals surface area contributed by atoms with Gasteiger partial charge in [-0.3, -0.25) is 9.79 Å². The summed E-state index contributed by atoms with van der Waals surface area (Å²) in [4.78, 5) is 15.2. The van der Waals surface area contributed by atoms with Crippen molar-refractivity contribution in [1.82, 2.24) is 5.32 Å². The smallest absolute Gasteiger partial charge is 0.320 e. The van der Waals surface area contributed by atoms with E-state index < -0.39 is 24.2 Å².